The Balaban J connectivity index is 0.000000166. The van der Waals surface area contributed by atoms with E-state index in [1.807, 2.05) is 87.9 Å². The number of aryl methyl sites for hydroxylation is 1. The smallest absolute Gasteiger partial charge is 0.462 e. The normalized spacial score (nSPS) is 10.7. The number of benzene rings is 3. The summed E-state index contributed by atoms with van der Waals surface area (Å²) in [6, 6.07) is 22.7. The lowest BCUT2D eigenvalue weighted by Crippen LogP contribution is -2.35. The van der Waals surface area contributed by atoms with Crippen LogP contribution in [0, 0.1) is 0 Å². The Labute approximate surface area is 386 Å². The van der Waals surface area contributed by atoms with Gasteiger partial charge in [-0.05, 0) is 86.4 Å². The van der Waals surface area contributed by atoms with Crippen molar-refractivity contribution in [3.8, 4) is 22.3 Å². The second-order valence-corrected chi connectivity index (χ2v) is 19.6. The first-order chi connectivity index (χ1) is 29.1. The number of ether oxygens (including phenoxy) is 2. The Kier molecular flexibility index (Phi) is 16.2. The summed E-state index contributed by atoms with van der Waals surface area (Å²) in [6.07, 6.45) is 1.27. The third-order valence-corrected chi connectivity index (χ3v) is 18.5. The first-order valence-electron chi connectivity index (χ1n) is 18.2. The minimum atomic E-state index is -1.66. The van der Waals surface area contributed by atoms with Crippen LogP contribution in [0.5, 0.6) is 0 Å². The van der Waals surface area contributed by atoms with Crippen LogP contribution in [0.1, 0.15) is 47.1 Å². The van der Waals surface area contributed by atoms with Gasteiger partial charge in [-0.25, -0.2) is 9.59 Å². The highest BCUT2D eigenvalue weighted by atomic mass is 79.9. The Morgan fingerprint density at radius 2 is 0.983 bits per heavy atom. The summed E-state index contributed by atoms with van der Waals surface area (Å²) in [7, 11) is -1.66. The first kappa shape index (κ1) is 45.7. The fraction of sp³-hybridized carbons (Fsp3) is 0.140. The molecule has 0 bridgehead atoms. The number of rotatable bonds is 8. The lowest BCUT2D eigenvalue weighted by molar-refractivity contribution is -0.191. The van der Waals surface area contributed by atoms with Gasteiger partial charge in [-0.3, -0.25) is 0 Å². The number of hydrogen-bond acceptors (Lipinski definition) is 14. The minimum absolute atomic E-state index is 0.158. The number of esters is 2. The first-order valence-corrected chi connectivity index (χ1v) is 24.9. The van der Waals surface area contributed by atoms with Gasteiger partial charge in [0, 0.05) is 41.6 Å². The van der Waals surface area contributed by atoms with E-state index >= 15 is 0 Å². The van der Waals surface area contributed by atoms with Crippen molar-refractivity contribution in [3.63, 3.8) is 0 Å². The fourth-order valence-electron chi connectivity index (χ4n) is 6.25. The largest absolute Gasteiger partial charge is 0.489 e. The zero-order valence-electron chi connectivity index (χ0n) is 32.0. The van der Waals surface area contributed by atoms with Gasteiger partial charge in [0.05, 0.1) is 61.9 Å². The highest BCUT2D eigenvalue weighted by molar-refractivity contribution is 9.11. The third-order valence-electron chi connectivity index (χ3n) is 8.85. The van der Waals surface area contributed by atoms with E-state index in [-0.39, 0.29) is 29.8 Å². The van der Waals surface area contributed by atoms with Gasteiger partial charge in [0.1, 0.15) is 0 Å². The van der Waals surface area contributed by atoms with Gasteiger partial charge in [0.2, 0.25) is 0 Å². The van der Waals surface area contributed by atoms with Gasteiger partial charge in [0.25, 0.3) is 0 Å². The summed E-state index contributed by atoms with van der Waals surface area (Å²) in [6.45, 7) is 6.37. The Morgan fingerprint density at radius 3 is 1.52 bits per heavy atom. The maximum Gasteiger partial charge on any atom is 0.489 e. The van der Waals surface area contributed by atoms with Crippen molar-refractivity contribution in [2.45, 2.75) is 27.2 Å². The lowest BCUT2D eigenvalue weighted by atomic mass is 9.77. The number of thiophene rings is 6. The molecule has 17 heteroatoms. The molecule has 9 rings (SSSR count). The summed E-state index contributed by atoms with van der Waals surface area (Å²) in [5.41, 5.74) is 7.08. The molecule has 0 radical (unpaired) electrons. The molecule has 0 amide bonds. The maximum atomic E-state index is 12.5. The molecule has 6 aromatic heterocycles. The molecule has 0 spiro atoms. The average molecular weight is 1040 g/mol. The summed E-state index contributed by atoms with van der Waals surface area (Å²) in [5.74, 6) is -0.806. The standard InChI is InChI=1S/C25H20O2S3.C9H11BO4.C8H2Br2S3.CO2/c1-3-15-9-5-6-10-16(15)19-13-28-23-21(19)30-22-20(14-29-24(22)23)17-11-7-8-12-18(17)25(26)27-4-2;1-2-14-9(11)7-5-3-4-6-8(7)10(12)13;9-3-1-11-7-5(3)13-6-4(10)2-12-8(6)7;2-1-3/h5-14H,3-4H2,1-2H3;3-6,12-13H,2H2,1H3;1-2H;. The van der Waals surface area contributed by atoms with Crippen molar-refractivity contribution < 1.29 is 38.7 Å². The van der Waals surface area contributed by atoms with Crippen LogP contribution >= 0.6 is 99.9 Å². The van der Waals surface area contributed by atoms with Gasteiger partial charge < -0.3 is 19.5 Å². The molecule has 0 fully saturated rings. The van der Waals surface area contributed by atoms with Crippen LogP contribution in [-0.2, 0) is 25.5 Å². The van der Waals surface area contributed by atoms with E-state index in [2.05, 4.69) is 84.6 Å². The van der Waals surface area contributed by atoms with Gasteiger partial charge in [0.15, 0.2) is 0 Å². The lowest BCUT2D eigenvalue weighted by Gasteiger charge is -2.07. The Bertz CT molecular complexity index is 2900. The van der Waals surface area contributed by atoms with E-state index in [1.165, 1.54) is 75.4 Å². The molecule has 2 N–H and O–H groups in total. The molecular weight excluding hydrogens is 1010 g/mol. The topological polar surface area (TPSA) is 127 Å². The third kappa shape index (κ3) is 9.77. The van der Waals surface area contributed by atoms with Crippen molar-refractivity contribution >= 4 is 168 Å². The molecule has 0 saturated heterocycles. The van der Waals surface area contributed by atoms with Crippen molar-refractivity contribution in [1.82, 2.24) is 0 Å². The molecule has 9 aromatic rings. The van der Waals surface area contributed by atoms with Crippen LogP contribution in [0.2, 0.25) is 0 Å². The second-order valence-electron chi connectivity index (χ2n) is 12.3. The SMILES string of the molecule is Brc1csc2c1sc1c(Br)csc12.CCOC(=O)c1ccccc1-c1csc2c1sc1c(-c3ccccc3CC)csc12.CCOC(=O)c1ccccc1B(O)O.O=C=O. The summed E-state index contributed by atoms with van der Waals surface area (Å²) < 4.78 is 23.4. The van der Waals surface area contributed by atoms with E-state index in [4.69, 9.17) is 29.1 Å². The van der Waals surface area contributed by atoms with E-state index in [0.717, 1.165) is 17.5 Å². The zero-order chi connectivity index (χ0) is 42.9. The fourth-order valence-corrected chi connectivity index (χ4v) is 15.6. The summed E-state index contributed by atoms with van der Waals surface area (Å²) >= 11 is 18.0. The van der Waals surface area contributed by atoms with Crippen LogP contribution in [0.25, 0.3) is 59.9 Å². The van der Waals surface area contributed by atoms with E-state index in [1.54, 1.807) is 30.4 Å². The summed E-state index contributed by atoms with van der Waals surface area (Å²) in [4.78, 5) is 40.1. The minimum Gasteiger partial charge on any atom is -0.462 e. The molecule has 60 heavy (non-hydrogen) atoms. The highest BCUT2D eigenvalue weighted by Crippen LogP contribution is 2.51. The molecule has 0 saturated carbocycles. The number of hydrogen-bond donors (Lipinski definition) is 2. The molecule has 6 heterocycles. The van der Waals surface area contributed by atoms with Crippen LogP contribution in [-0.4, -0.2) is 48.5 Å². The van der Waals surface area contributed by atoms with Crippen LogP contribution in [0.4, 0.5) is 0 Å². The molecule has 0 aliphatic carbocycles. The van der Waals surface area contributed by atoms with Crippen molar-refractivity contribution in [3.05, 3.63) is 120 Å². The molecule has 3 aromatic carbocycles. The number of carbonyl (C=O) groups excluding carboxylic acids is 4. The number of halogens is 2. The van der Waals surface area contributed by atoms with Crippen LogP contribution in [0.3, 0.4) is 0 Å². The Morgan fingerprint density at radius 1 is 0.567 bits per heavy atom. The zero-order valence-corrected chi connectivity index (χ0v) is 40.1. The van der Waals surface area contributed by atoms with Crippen LogP contribution in [0.15, 0.2) is 103 Å². The van der Waals surface area contributed by atoms with Crippen LogP contribution < -0.4 is 5.46 Å². The molecule has 0 aliphatic heterocycles. The van der Waals surface area contributed by atoms with E-state index in [9.17, 15) is 9.59 Å². The molecule has 306 valence electrons. The second kappa shape index (κ2) is 21.3. The molecule has 0 atom stereocenters. The quantitative estimate of drug-likeness (QED) is 0.114. The average Bonchev–Trinajstić information content (AvgIpc) is 4.11. The van der Waals surface area contributed by atoms with Gasteiger partial charge in [-0.2, -0.15) is 9.59 Å². The van der Waals surface area contributed by atoms with E-state index in [0.29, 0.717) is 12.2 Å². The van der Waals surface area contributed by atoms with Crippen molar-refractivity contribution in [2.24, 2.45) is 0 Å². The van der Waals surface area contributed by atoms with E-state index < -0.39 is 13.1 Å². The van der Waals surface area contributed by atoms with Crippen molar-refractivity contribution in [2.75, 3.05) is 13.2 Å². The maximum absolute atomic E-state index is 12.5. The summed E-state index contributed by atoms with van der Waals surface area (Å²) in [5, 5.41) is 26.7. The number of fused-ring (bicyclic) bond motifs is 6. The molecular formula is C43H33BBr2O8S6. The predicted octanol–water partition coefficient (Wildman–Crippen LogP) is 12.9. The monoisotopic (exact) mass is 1040 g/mol. The van der Waals surface area contributed by atoms with Gasteiger partial charge in [-0.15, -0.1) is 68.0 Å². The van der Waals surface area contributed by atoms with Gasteiger partial charge >= 0.3 is 25.2 Å². The number of carbonyl (C=O) groups is 2. The molecule has 8 nitrogen and oxygen atoms in total. The highest BCUT2D eigenvalue weighted by Gasteiger charge is 2.22. The van der Waals surface area contributed by atoms with Gasteiger partial charge in [-0.1, -0.05) is 67.6 Å². The Hall–Kier alpha value is -3.84. The predicted molar refractivity (Wildman–Crippen MR) is 259 cm³/mol. The molecule has 0 aliphatic rings. The molecule has 0 unspecified atom stereocenters. The van der Waals surface area contributed by atoms with Crippen molar-refractivity contribution in [1.29, 1.82) is 0 Å².